The number of aliphatic hydroxyl groups excluding tert-OH is 1. The minimum Gasteiger partial charge on any atom is -0.396 e. The molecule has 0 spiro atoms. The van der Waals surface area contributed by atoms with Gasteiger partial charge in [-0.15, -0.1) is 0 Å². The van der Waals surface area contributed by atoms with Crippen LogP contribution in [0.25, 0.3) is 0 Å². The summed E-state index contributed by atoms with van der Waals surface area (Å²) in [6.07, 6.45) is 2.62. The van der Waals surface area contributed by atoms with Crippen molar-refractivity contribution in [2.45, 2.75) is 26.7 Å². The maximum Gasteiger partial charge on any atom is 0.0483 e. The van der Waals surface area contributed by atoms with Gasteiger partial charge in [-0.1, -0.05) is 20.3 Å². The quantitative estimate of drug-likeness (QED) is 0.675. The van der Waals surface area contributed by atoms with Crippen LogP contribution >= 0.6 is 0 Å². The molecule has 1 aliphatic heterocycles. The third-order valence-electron chi connectivity index (χ3n) is 2.64. The first-order valence-electron chi connectivity index (χ1n) is 5.09. The highest BCUT2D eigenvalue weighted by Crippen LogP contribution is 2.17. The standard InChI is InChI=1S/C10H21NO/c1-3-4-9(2)5-11-6-10(7-11)8-12/h9-10,12H,3-8H2,1-2H3. The van der Waals surface area contributed by atoms with Crippen LogP contribution in [0.4, 0.5) is 0 Å². The van der Waals surface area contributed by atoms with E-state index in [1.165, 1.54) is 19.4 Å². The first-order chi connectivity index (χ1) is 5.76. The molecular formula is C10H21NO. The van der Waals surface area contributed by atoms with E-state index < -0.39 is 0 Å². The SMILES string of the molecule is CCCC(C)CN1CC(CO)C1. The first kappa shape index (κ1) is 10.0. The van der Waals surface area contributed by atoms with Gasteiger partial charge in [-0.3, -0.25) is 0 Å². The van der Waals surface area contributed by atoms with Crippen molar-refractivity contribution < 1.29 is 5.11 Å². The topological polar surface area (TPSA) is 23.5 Å². The Morgan fingerprint density at radius 1 is 1.50 bits per heavy atom. The number of hydrogen-bond donors (Lipinski definition) is 1. The zero-order valence-corrected chi connectivity index (χ0v) is 8.29. The van der Waals surface area contributed by atoms with Gasteiger partial charge in [-0.2, -0.15) is 0 Å². The fourth-order valence-electron chi connectivity index (χ4n) is 1.97. The summed E-state index contributed by atoms with van der Waals surface area (Å²) in [6, 6.07) is 0. The van der Waals surface area contributed by atoms with Gasteiger partial charge in [0.25, 0.3) is 0 Å². The predicted octanol–water partition coefficient (Wildman–Crippen LogP) is 1.35. The summed E-state index contributed by atoms with van der Waals surface area (Å²) in [5.74, 6) is 1.40. The van der Waals surface area contributed by atoms with Gasteiger partial charge < -0.3 is 10.0 Å². The van der Waals surface area contributed by atoms with Gasteiger partial charge in [0.2, 0.25) is 0 Å². The van der Waals surface area contributed by atoms with E-state index >= 15 is 0 Å². The second-order valence-corrected chi connectivity index (χ2v) is 4.16. The average molecular weight is 171 g/mol. The second kappa shape index (κ2) is 4.83. The number of rotatable bonds is 5. The maximum absolute atomic E-state index is 8.81. The van der Waals surface area contributed by atoms with Gasteiger partial charge in [0.1, 0.15) is 0 Å². The van der Waals surface area contributed by atoms with Crippen LogP contribution in [0.2, 0.25) is 0 Å². The lowest BCUT2D eigenvalue weighted by Gasteiger charge is -2.39. The van der Waals surface area contributed by atoms with E-state index in [4.69, 9.17) is 5.11 Å². The van der Waals surface area contributed by atoms with Gasteiger partial charge in [0, 0.05) is 32.2 Å². The minimum atomic E-state index is 0.374. The second-order valence-electron chi connectivity index (χ2n) is 4.16. The van der Waals surface area contributed by atoms with Crippen molar-refractivity contribution in [3.63, 3.8) is 0 Å². The van der Waals surface area contributed by atoms with E-state index in [1.54, 1.807) is 0 Å². The van der Waals surface area contributed by atoms with E-state index in [0.717, 1.165) is 19.0 Å². The lowest BCUT2D eigenvalue weighted by atomic mass is 9.97. The Bertz CT molecular complexity index is 121. The summed E-state index contributed by atoms with van der Waals surface area (Å²) in [6.45, 7) is 8.39. The normalized spacial score (nSPS) is 22.2. The van der Waals surface area contributed by atoms with E-state index in [0.29, 0.717) is 12.5 Å². The Labute approximate surface area is 75.6 Å². The molecule has 1 rings (SSSR count). The molecule has 0 aromatic carbocycles. The molecule has 12 heavy (non-hydrogen) atoms. The zero-order chi connectivity index (χ0) is 8.97. The summed E-state index contributed by atoms with van der Waals surface area (Å²) >= 11 is 0. The molecule has 0 bridgehead atoms. The highest BCUT2D eigenvalue weighted by molar-refractivity contribution is 4.79. The first-order valence-corrected chi connectivity index (χ1v) is 5.09. The van der Waals surface area contributed by atoms with Crippen molar-refractivity contribution in [2.24, 2.45) is 11.8 Å². The summed E-state index contributed by atoms with van der Waals surface area (Å²) in [4.78, 5) is 2.45. The molecule has 1 fully saturated rings. The molecule has 0 amide bonds. The summed E-state index contributed by atoms with van der Waals surface area (Å²) < 4.78 is 0. The number of likely N-dealkylation sites (tertiary alicyclic amines) is 1. The van der Waals surface area contributed by atoms with Crippen molar-refractivity contribution in [3.05, 3.63) is 0 Å². The third-order valence-corrected chi connectivity index (χ3v) is 2.64. The molecule has 0 radical (unpaired) electrons. The molecule has 1 unspecified atom stereocenters. The lowest BCUT2D eigenvalue weighted by molar-refractivity contribution is 0.0425. The van der Waals surface area contributed by atoms with Gasteiger partial charge in [-0.05, 0) is 12.3 Å². The van der Waals surface area contributed by atoms with Crippen LogP contribution in [0, 0.1) is 11.8 Å². The van der Waals surface area contributed by atoms with E-state index in [1.807, 2.05) is 0 Å². The Balaban J connectivity index is 2.02. The molecule has 2 nitrogen and oxygen atoms in total. The van der Waals surface area contributed by atoms with Gasteiger partial charge >= 0.3 is 0 Å². The van der Waals surface area contributed by atoms with Crippen LogP contribution in [0.15, 0.2) is 0 Å². The number of aliphatic hydroxyl groups is 1. The predicted molar refractivity (Wildman–Crippen MR) is 51.1 cm³/mol. The minimum absolute atomic E-state index is 0.374. The van der Waals surface area contributed by atoms with Crippen LogP contribution in [0.5, 0.6) is 0 Å². The fourth-order valence-corrected chi connectivity index (χ4v) is 1.97. The lowest BCUT2D eigenvalue weighted by Crippen LogP contribution is -2.49. The Morgan fingerprint density at radius 3 is 2.67 bits per heavy atom. The van der Waals surface area contributed by atoms with Crippen LogP contribution in [-0.2, 0) is 0 Å². The Hall–Kier alpha value is -0.0800. The molecule has 0 aliphatic carbocycles. The van der Waals surface area contributed by atoms with Gasteiger partial charge in [0.15, 0.2) is 0 Å². The van der Waals surface area contributed by atoms with Crippen molar-refractivity contribution in [3.8, 4) is 0 Å². The summed E-state index contributed by atoms with van der Waals surface area (Å²) in [5.41, 5.74) is 0. The van der Waals surface area contributed by atoms with Crippen molar-refractivity contribution in [2.75, 3.05) is 26.2 Å². The molecule has 2 heteroatoms. The van der Waals surface area contributed by atoms with Crippen molar-refractivity contribution in [1.29, 1.82) is 0 Å². The molecule has 0 aromatic heterocycles. The Morgan fingerprint density at radius 2 is 2.17 bits per heavy atom. The Kier molecular flexibility index (Phi) is 4.02. The van der Waals surface area contributed by atoms with Gasteiger partial charge in [-0.25, -0.2) is 0 Å². The van der Waals surface area contributed by atoms with Gasteiger partial charge in [0.05, 0.1) is 0 Å². The average Bonchev–Trinajstić information content (AvgIpc) is 1.96. The highest BCUT2D eigenvalue weighted by Gasteiger charge is 2.26. The number of nitrogens with zero attached hydrogens (tertiary/aromatic N) is 1. The molecule has 1 heterocycles. The zero-order valence-electron chi connectivity index (χ0n) is 8.29. The number of hydrogen-bond acceptors (Lipinski definition) is 2. The highest BCUT2D eigenvalue weighted by atomic mass is 16.3. The van der Waals surface area contributed by atoms with Crippen LogP contribution in [0.1, 0.15) is 26.7 Å². The molecular weight excluding hydrogens is 150 g/mol. The molecule has 1 aliphatic rings. The smallest absolute Gasteiger partial charge is 0.0483 e. The van der Waals surface area contributed by atoms with Crippen LogP contribution in [0.3, 0.4) is 0 Å². The third kappa shape index (κ3) is 2.76. The van der Waals surface area contributed by atoms with E-state index in [9.17, 15) is 0 Å². The van der Waals surface area contributed by atoms with E-state index in [2.05, 4.69) is 18.7 Å². The molecule has 1 saturated heterocycles. The molecule has 72 valence electrons. The van der Waals surface area contributed by atoms with Crippen LogP contribution < -0.4 is 0 Å². The molecule has 0 saturated carbocycles. The van der Waals surface area contributed by atoms with Crippen molar-refractivity contribution >= 4 is 0 Å². The fraction of sp³-hybridized carbons (Fsp3) is 1.00. The molecule has 0 aromatic rings. The monoisotopic (exact) mass is 171 g/mol. The van der Waals surface area contributed by atoms with E-state index in [-0.39, 0.29) is 0 Å². The summed E-state index contributed by atoms with van der Waals surface area (Å²) in [7, 11) is 0. The largest absolute Gasteiger partial charge is 0.396 e. The van der Waals surface area contributed by atoms with Crippen molar-refractivity contribution in [1.82, 2.24) is 4.90 Å². The maximum atomic E-state index is 8.81. The summed E-state index contributed by atoms with van der Waals surface area (Å²) in [5, 5.41) is 8.81. The molecule has 1 atom stereocenters. The van der Waals surface area contributed by atoms with Crippen LogP contribution in [-0.4, -0.2) is 36.2 Å². The molecule has 1 N–H and O–H groups in total.